The number of carbonyl (C=O) groups is 1. The minimum Gasteiger partial charge on any atom is -0.497 e. The number of rotatable bonds is 3. The maximum atomic E-state index is 12.3. The van der Waals surface area contributed by atoms with Crippen molar-refractivity contribution >= 4 is 11.6 Å². The lowest BCUT2D eigenvalue weighted by atomic mass is 10.1. The van der Waals surface area contributed by atoms with Crippen molar-refractivity contribution in [1.29, 1.82) is 0 Å². The third-order valence-electron chi connectivity index (χ3n) is 3.51. The van der Waals surface area contributed by atoms with Crippen molar-refractivity contribution < 1.29 is 14.3 Å². The van der Waals surface area contributed by atoms with Crippen LogP contribution in [0.4, 0.5) is 5.69 Å². The second-order valence-electron chi connectivity index (χ2n) is 5.14. The van der Waals surface area contributed by atoms with E-state index in [9.17, 15) is 4.79 Å². The fourth-order valence-corrected chi connectivity index (χ4v) is 2.44. The Morgan fingerprint density at radius 2 is 2.00 bits per heavy atom. The molecule has 0 aromatic heterocycles. The van der Waals surface area contributed by atoms with Crippen LogP contribution in [0.15, 0.2) is 42.5 Å². The second kappa shape index (κ2) is 5.48. The standard InChI is InChI=1S/C17H17NO3/c1-11-9-13-10-12(3-8-16(13)21-11)17(19)18-14-4-6-15(20-2)7-5-14/h3-8,10-11H,9H2,1-2H3,(H,18,19). The predicted octanol–water partition coefficient (Wildman–Crippen LogP) is 3.27. The van der Waals surface area contributed by atoms with Crippen molar-refractivity contribution in [1.82, 2.24) is 0 Å². The van der Waals surface area contributed by atoms with Crippen molar-refractivity contribution in [2.45, 2.75) is 19.4 Å². The molecule has 1 unspecified atom stereocenters. The lowest BCUT2D eigenvalue weighted by Crippen LogP contribution is -2.11. The molecule has 1 heterocycles. The van der Waals surface area contributed by atoms with Gasteiger partial charge >= 0.3 is 0 Å². The van der Waals surface area contributed by atoms with Crippen molar-refractivity contribution in [3.8, 4) is 11.5 Å². The molecular formula is C17H17NO3. The molecule has 0 aliphatic carbocycles. The maximum Gasteiger partial charge on any atom is 0.255 e. The Balaban J connectivity index is 1.75. The number of carbonyl (C=O) groups excluding carboxylic acids is 1. The van der Waals surface area contributed by atoms with Crippen molar-refractivity contribution in [2.24, 2.45) is 0 Å². The molecule has 0 fully saturated rings. The first-order chi connectivity index (χ1) is 10.2. The highest BCUT2D eigenvalue weighted by atomic mass is 16.5. The molecule has 2 aromatic carbocycles. The van der Waals surface area contributed by atoms with Crippen LogP contribution in [0.2, 0.25) is 0 Å². The summed E-state index contributed by atoms with van der Waals surface area (Å²) in [6, 6.07) is 12.8. The van der Waals surface area contributed by atoms with Gasteiger partial charge in [0.05, 0.1) is 7.11 Å². The number of ether oxygens (including phenoxy) is 2. The normalized spacial score (nSPS) is 16.0. The molecule has 2 aromatic rings. The lowest BCUT2D eigenvalue weighted by molar-refractivity contribution is 0.102. The van der Waals surface area contributed by atoms with Gasteiger partial charge in [0, 0.05) is 17.7 Å². The molecule has 1 amide bonds. The molecule has 4 heteroatoms. The average Bonchev–Trinajstić information content (AvgIpc) is 2.87. The van der Waals surface area contributed by atoms with E-state index in [1.165, 1.54) is 0 Å². The Labute approximate surface area is 123 Å². The van der Waals surface area contributed by atoms with Gasteiger partial charge in [-0.15, -0.1) is 0 Å². The number of methoxy groups -OCH3 is 1. The Morgan fingerprint density at radius 1 is 1.24 bits per heavy atom. The van der Waals surface area contributed by atoms with Crippen LogP contribution < -0.4 is 14.8 Å². The molecule has 3 rings (SSSR count). The Bertz CT molecular complexity index is 664. The van der Waals surface area contributed by atoms with E-state index in [2.05, 4.69) is 5.32 Å². The summed E-state index contributed by atoms with van der Waals surface area (Å²) in [5.41, 5.74) is 2.47. The van der Waals surface area contributed by atoms with E-state index in [1.807, 2.05) is 43.3 Å². The van der Waals surface area contributed by atoms with E-state index in [4.69, 9.17) is 9.47 Å². The quantitative estimate of drug-likeness (QED) is 0.940. The molecular weight excluding hydrogens is 266 g/mol. The Kier molecular flexibility index (Phi) is 3.52. The number of fused-ring (bicyclic) bond motifs is 1. The molecule has 0 spiro atoms. The number of hydrogen-bond acceptors (Lipinski definition) is 3. The van der Waals surface area contributed by atoms with Crippen LogP contribution in [-0.4, -0.2) is 19.1 Å². The van der Waals surface area contributed by atoms with Gasteiger partial charge in [-0.1, -0.05) is 0 Å². The van der Waals surface area contributed by atoms with Crippen LogP contribution >= 0.6 is 0 Å². The summed E-state index contributed by atoms with van der Waals surface area (Å²) in [7, 11) is 1.61. The van der Waals surface area contributed by atoms with E-state index in [0.717, 1.165) is 29.2 Å². The molecule has 0 saturated carbocycles. The first kappa shape index (κ1) is 13.5. The van der Waals surface area contributed by atoms with E-state index < -0.39 is 0 Å². The number of hydrogen-bond donors (Lipinski definition) is 1. The van der Waals surface area contributed by atoms with Crippen LogP contribution in [0.5, 0.6) is 11.5 Å². The molecule has 0 saturated heterocycles. The summed E-state index contributed by atoms with van der Waals surface area (Å²) in [5, 5.41) is 2.88. The summed E-state index contributed by atoms with van der Waals surface area (Å²) in [4.78, 5) is 12.3. The molecule has 1 aliphatic rings. The molecule has 0 bridgehead atoms. The topological polar surface area (TPSA) is 47.6 Å². The van der Waals surface area contributed by atoms with Crippen LogP contribution in [0.1, 0.15) is 22.8 Å². The van der Waals surface area contributed by atoms with Crippen LogP contribution in [-0.2, 0) is 6.42 Å². The van der Waals surface area contributed by atoms with E-state index in [-0.39, 0.29) is 12.0 Å². The molecule has 4 nitrogen and oxygen atoms in total. The summed E-state index contributed by atoms with van der Waals surface area (Å²) < 4.78 is 10.7. The summed E-state index contributed by atoms with van der Waals surface area (Å²) >= 11 is 0. The van der Waals surface area contributed by atoms with Gasteiger partial charge in [0.25, 0.3) is 5.91 Å². The lowest BCUT2D eigenvalue weighted by Gasteiger charge is -2.07. The van der Waals surface area contributed by atoms with E-state index in [1.54, 1.807) is 13.2 Å². The summed E-state index contributed by atoms with van der Waals surface area (Å²) in [6.07, 6.45) is 1.03. The van der Waals surface area contributed by atoms with Gasteiger partial charge in [-0.25, -0.2) is 0 Å². The molecule has 1 atom stereocenters. The molecule has 1 N–H and O–H groups in total. The summed E-state index contributed by atoms with van der Waals surface area (Å²) in [6.45, 7) is 2.02. The number of benzene rings is 2. The Morgan fingerprint density at radius 3 is 2.71 bits per heavy atom. The third-order valence-corrected chi connectivity index (χ3v) is 3.51. The van der Waals surface area contributed by atoms with E-state index in [0.29, 0.717) is 5.56 Å². The zero-order chi connectivity index (χ0) is 14.8. The first-order valence-electron chi connectivity index (χ1n) is 6.90. The average molecular weight is 283 g/mol. The highest BCUT2D eigenvalue weighted by molar-refractivity contribution is 6.04. The molecule has 21 heavy (non-hydrogen) atoms. The van der Waals surface area contributed by atoms with Gasteiger partial charge in [0.15, 0.2) is 0 Å². The van der Waals surface area contributed by atoms with Gasteiger partial charge in [0.2, 0.25) is 0 Å². The van der Waals surface area contributed by atoms with Gasteiger partial charge < -0.3 is 14.8 Å². The summed E-state index contributed by atoms with van der Waals surface area (Å²) in [5.74, 6) is 1.52. The van der Waals surface area contributed by atoms with Crippen LogP contribution in [0.3, 0.4) is 0 Å². The van der Waals surface area contributed by atoms with Crippen molar-refractivity contribution in [3.63, 3.8) is 0 Å². The van der Waals surface area contributed by atoms with Crippen molar-refractivity contribution in [2.75, 3.05) is 12.4 Å². The monoisotopic (exact) mass is 283 g/mol. The minimum atomic E-state index is -0.123. The molecule has 0 radical (unpaired) electrons. The van der Waals surface area contributed by atoms with Crippen molar-refractivity contribution in [3.05, 3.63) is 53.6 Å². The SMILES string of the molecule is COc1ccc(NC(=O)c2ccc3c(c2)CC(C)O3)cc1. The van der Waals surface area contributed by atoms with Gasteiger partial charge in [-0.2, -0.15) is 0 Å². The zero-order valence-corrected chi connectivity index (χ0v) is 12.1. The fourth-order valence-electron chi connectivity index (χ4n) is 2.44. The highest BCUT2D eigenvalue weighted by Gasteiger charge is 2.20. The van der Waals surface area contributed by atoms with Gasteiger partial charge in [-0.05, 0) is 55.0 Å². The number of amides is 1. The van der Waals surface area contributed by atoms with Crippen LogP contribution in [0.25, 0.3) is 0 Å². The van der Waals surface area contributed by atoms with Gasteiger partial charge in [-0.3, -0.25) is 4.79 Å². The minimum absolute atomic E-state index is 0.123. The maximum absolute atomic E-state index is 12.3. The van der Waals surface area contributed by atoms with Crippen LogP contribution in [0, 0.1) is 0 Å². The number of nitrogens with one attached hydrogen (secondary N) is 1. The third kappa shape index (κ3) is 2.84. The second-order valence-corrected chi connectivity index (χ2v) is 5.14. The fraction of sp³-hybridized carbons (Fsp3) is 0.235. The highest BCUT2D eigenvalue weighted by Crippen LogP contribution is 2.29. The predicted molar refractivity (Wildman–Crippen MR) is 81.2 cm³/mol. The van der Waals surface area contributed by atoms with E-state index >= 15 is 0 Å². The zero-order valence-electron chi connectivity index (χ0n) is 12.1. The largest absolute Gasteiger partial charge is 0.497 e. The smallest absolute Gasteiger partial charge is 0.255 e. The molecule has 1 aliphatic heterocycles. The first-order valence-corrected chi connectivity index (χ1v) is 6.90. The van der Waals surface area contributed by atoms with Gasteiger partial charge in [0.1, 0.15) is 17.6 Å². The Hall–Kier alpha value is -2.49. The molecule has 108 valence electrons. The number of anilines is 1.